The Morgan fingerprint density at radius 1 is 1.03 bits per heavy atom. The van der Waals surface area contributed by atoms with Gasteiger partial charge in [0.2, 0.25) is 0 Å². The fourth-order valence-corrected chi connectivity index (χ4v) is 3.51. The van der Waals surface area contributed by atoms with Gasteiger partial charge in [-0.25, -0.2) is 0 Å². The maximum absolute atomic E-state index is 13.0. The molecule has 1 amide bonds. The van der Waals surface area contributed by atoms with E-state index in [-0.39, 0.29) is 5.91 Å². The summed E-state index contributed by atoms with van der Waals surface area (Å²) in [6.07, 6.45) is 1.81. The number of carbonyl (C=O) groups excluding carboxylic acids is 1. The number of fused-ring (bicyclic) bond motifs is 1. The lowest BCUT2D eigenvalue weighted by molar-refractivity contribution is 0.0942. The number of benzene rings is 3. The number of rotatable bonds is 4. The fraction of sp³-hybridized carbons (Fsp3) is 0.0800. The van der Waals surface area contributed by atoms with E-state index in [4.69, 9.17) is 16.9 Å². The Bertz CT molecular complexity index is 1280. The summed E-state index contributed by atoms with van der Waals surface area (Å²) < 4.78 is 0. The quantitative estimate of drug-likeness (QED) is 0.476. The Hall–Kier alpha value is -3.68. The monoisotopic (exact) mass is 411 g/mol. The molecule has 30 heavy (non-hydrogen) atoms. The van der Waals surface area contributed by atoms with Crippen LogP contribution in [0.25, 0.3) is 10.8 Å². The van der Waals surface area contributed by atoms with Gasteiger partial charge in [0.1, 0.15) is 0 Å². The first-order valence-corrected chi connectivity index (χ1v) is 9.85. The molecule has 1 heterocycles. The molecule has 0 saturated carbocycles. The molecule has 1 aromatic heterocycles. The van der Waals surface area contributed by atoms with Crippen LogP contribution in [-0.2, 0) is 0 Å². The van der Waals surface area contributed by atoms with Crippen LogP contribution in [0.1, 0.15) is 38.8 Å². The van der Waals surface area contributed by atoms with E-state index in [9.17, 15) is 4.79 Å². The van der Waals surface area contributed by atoms with Crippen molar-refractivity contribution >= 4 is 28.3 Å². The van der Waals surface area contributed by atoms with Crippen molar-refractivity contribution in [2.75, 3.05) is 0 Å². The number of pyridine rings is 1. The van der Waals surface area contributed by atoms with Crippen molar-refractivity contribution in [3.63, 3.8) is 0 Å². The number of carbonyl (C=O) groups is 1. The lowest BCUT2D eigenvalue weighted by Crippen LogP contribution is -2.30. The summed E-state index contributed by atoms with van der Waals surface area (Å²) in [5.74, 6) is -0.238. The summed E-state index contributed by atoms with van der Waals surface area (Å²) in [7, 11) is 0. The maximum Gasteiger partial charge on any atom is 0.252 e. The van der Waals surface area contributed by atoms with Gasteiger partial charge in [0, 0.05) is 22.2 Å². The van der Waals surface area contributed by atoms with Gasteiger partial charge in [0.15, 0.2) is 0 Å². The number of aryl methyl sites for hydroxylation is 1. The number of hydrogen-bond donors (Lipinski definition) is 1. The number of hydrogen-bond acceptors (Lipinski definition) is 3. The van der Waals surface area contributed by atoms with E-state index < -0.39 is 6.04 Å². The minimum atomic E-state index is -0.449. The van der Waals surface area contributed by atoms with Crippen molar-refractivity contribution in [2.24, 2.45) is 0 Å². The third-order valence-electron chi connectivity index (χ3n) is 5.04. The Kier molecular flexibility index (Phi) is 5.47. The van der Waals surface area contributed by atoms with Crippen LogP contribution < -0.4 is 5.32 Å². The van der Waals surface area contributed by atoms with Crippen LogP contribution in [-0.4, -0.2) is 10.9 Å². The van der Waals surface area contributed by atoms with E-state index in [0.717, 1.165) is 27.6 Å². The van der Waals surface area contributed by atoms with Gasteiger partial charge in [0.05, 0.1) is 23.4 Å². The van der Waals surface area contributed by atoms with E-state index in [0.29, 0.717) is 16.1 Å². The van der Waals surface area contributed by atoms with Crippen LogP contribution in [0.5, 0.6) is 0 Å². The molecular weight excluding hydrogens is 394 g/mol. The maximum atomic E-state index is 13.0. The average molecular weight is 412 g/mol. The molecule has 3 aromatic carbocycles. The van der Waals surface area contributed by atoms with Gasteiger partial charge in [-0.2, -0.15) is 5.26 Å². The smallest absolute Gasteiger partial charge is 0.252 e. The summed E-state index contributed by atoms with van der Waals surface area (Å²) >= 11 is 6.06. The molecule has 4 rings (SSSR count). The summed E-state index contributed by atoms with van der Waals surface area (Å²) in [6, 6.07) is 24.0. The van der Waals surface area contributed by atoms with Gasteiger partial charge < -0.3 is 5.32 Å². The Morgan fingerprint density at radius 2 is 1.77 bits per heavy atom. The molecule has 4 aromatic rings. The van der Waals surface area contributed by atoms with Crippen molar-refractivity contribution in [3.8, 4) is 6.07 Å². The molecule has 0 aliphatic heterocycles. The SMILES string of the molecule is Cc1cc(C(=O)N[C@@H](c2ccc(Cl)cc2)c2cc3ccccc3cn2)ccc1C#N. The summed E-state index contributed by atoms with van der Waals surface area (Å²) in [5, 5.41) is 14.9. The molecule has 0 aliphatic carbocycles. The zero-order valence-electron chi connectivity index (χ0n) is 16.3. The third-order valence-corrected chi connectivity index (χ3v) is 5.29. The predicted molar refractivity (Wildman–Crippen MR) is 118 cm³/mol. The minimum absolute atomic E-state index is 0.238. The Morgan fingerprint density at radius 3 is 2.47 bits per heavy atom. The molecule has 4 nitrogen and oxygen atoms in total. The second-order valence-electron chi connectivity index (χ2n) is 7.06. The van der Waals surface area contributed by atoms with Gasteiger partial charge in [-0.15, -0.1) is 0 Å². The molecule has 146 valence electrons. The first-order chi connectivity index (χ1) is 14.5. The highest BCUT2D eigenvalue weighted by Gasteiger charge is 2.20. The number of nitrogens with zero attached hydrogens (tertiary/aromatic N) is 2. The average Bonchev–Trinajstić information content (AvgIpc) is 2.77. The fourth-order valence-electron chi connectivity index (χ4n) is 3.39. The lowest BCUT2D eigenvalue weighted by Gasteiger charge is -2.20. The number of aromatic nitrogens is 1. The zero-order valence-corrected chi connectivity index (χ0v) is 17.0. The van der Waals surface area contributed by atoms with Gasteiger partial charge in [-0.05, 0) is 59.8 Å². The molecule has 0 saturated heterocycles. The summed E-state index contributed by atoms with van der Waals surface area (Å²) in [4.78, 5) is 17.6. The van der Waals surface area contributed by atoms with E-state index in [1.54, 1.807) is 30.3 Å². The second-order valence-corrected chi connectivity index (χ2v) is 7.49. The summed E-state index contributed by atoms with van der Waals surface area (Å²) in [5.41, 5.74) is 3.41. The molecule has 1 atom stereocenters. The van der Waals surface area contributed by atoms with Gasteiger partial charge in [0.25, 0.3) is 5.91 Å². The molecule has 5 heteroatoms. The minimum Gasteiger partial charge on any atom is -0.340 e. The number of nitriles is 1. The number of nitrogens with one attached hydrogen (secondary N) is 1. The molecule has 0 unspecified atom stereocenters. The highest BCUT2D eigenvalue weighted by molar-refractivity contribution is 6.30. The molecule has 1 N–H and O–H groups in total. The van der Waals surface area contributed by atoms with Crippen LogP contribution in [0.2, 0.25) is 5.02 Å². The van der Waals surface area contributed by atoms with Crippen LogP contribution in [0, 0.1) is 18.3 Å². The zero-order chi connectivity index (χ0) is 21.1. The van der Waals surface area contributed by atoms with Crippen molar-refractivity contribution in [3.05, 3.63) is 112 Å². The number of amides is 1. The van der Waals surface area contributed by atoms with Gasteiger partial charge in [-0.1, -0.05) is 48.0 Å². The highest BCUT2D eigenvalue weighted by Crippen LogP contribution is 2.25. The van der Waals surface area contributed by atoms with Crippen molar-refractivity contribution < 1.29 is 4.79 Å². The van der Waals surface area contributed by atoms with Gasteiger partial charge >= 0.3 is 0 Å². The third kappa shape index (κ3) is 4.03. The van der Waals surface area contributed by atoms with E-state index in [1.807, 2.05) is 55.6 Å². The Labute approximate surface area is 179 Å². The normalized spacial score (nSPS) is 11.6. The van der Waals surface area contributed by atoms with Crippen molar-refractivity contribution in [1.29, 1.82) is 5.26 Å². The highest BCUT2D eigenvalue weighted by atomic mass is 35.5. The van der Waals surface area contributed by atoms with Crippen LogP contribution in [0.15, 0.2) is 79.0 Å². The second kappa shape index (κ2) is 8.36. The summed E-state index contributed by atoms with van der Waals surface area (Å²) in [6.45, 7) is 1.82. The predicted octanol–water partition coefficient (Wildman–Crippen LogP) is 5.59. The topological polar surface area (TPSA) is 65.8 Å². The van der Waals surface area contributed by atoms with E-state index >= 15 is 0 Å². The van der Waals surface area contributed by atoms with Crippen molar-refractivity contribution in [1.82, 2.24) is 10.3 Å². The first-order valence-electron chi connectivity index (χ1n) is 9.47. The standard InChI is InChI=1S/C25H18ClN3O/c1-16-12-19(6-7-20(16)14-27)25(30)29-24(17-8-10-22(26)11-9-17)23-13-18-4-2-3-5-21(18)15-28-23/h2-13,15,24H,1H3,(H,29,30)/t24-/m0/s1. The lowest BCUT2D eigenvalue weighted by atomic mass is 10.00. The van der Waals surface area contributed by atoms with Gasteiger partial charge in [-0.3, -0.25) is 9.78 Å². The molecule has 0 bridgehead atoms. The molecular formula is C25H18ClN3O. The molecule has 0 radical (unpaired) electrons. The van der Waals surface area contributed by atoms with Crippen LogP contribution >= 0.6 is 11.6 Å². The van der Waals surface area contributed by atoms with Crippen molar-refractivity contribution in [2.45, 2.75) is 13.0 Å². The first kappa shape index (κ1) is 19.6. The van der Waals surface area contributed by atoms with E-state index in [2.05, 4.69) is 16.4 Å². The Balaban J connectivity index is 1.73. The molecule has 0 aliphatic rings. The van der Waals surface area contributed by atoms with E-state index in [1.165, 1.54) is 0 Å². The number of halogens is 1. The van der Waals surface area contributed by atoms with Crippen LogP contribution in [0.4, 0.5) is 0 Å². The van der Waals surface area contributed by atoms with Crippen LogP contribution in [0.3, 0.4) is 0 Å². The molecule has 0 fully saturated rings. The largest absolute Gasteiger partial charge is 0.340 e. The molecule has 0 spiro atoms.